The molecule has 1 atom stereocenters. The van der Waals surface area contributed by atoms with Crippen molar-refractivity contribution in [1.82, 2.24) is 5.32 Å². The number of rotatable bonds is 6. The second-order valence-electron chi connectivity index (χ2n) is 7.33. The molecule has 1 aliphatic heterocycles. The fourth-order valence-electron chi connectivity index (χ4n) is 4.06. The van der Waals surface area contributed by atoms with E-state index in [1.807, 2.05) is 68.4 Å². The van der Waals surface area contributed by atoms with Crippen molar-refractivity contribution in [2.45, 2.75) is 26.3 Å². The molecule has 1 N–H and O–H groups in total. The van der Waals surface area contributed by atoms with Crippen LogP contribution in [0.15, 0.2) is 54.6 Å². The standard InChI is InChI=1S/C24H24N2O3/c1-4-19(17-11-12-21(29-3)15(2)13-17)25-22(27)14-26-20-10-6-8-16-7-5-9-18(23(16)20)24(26)28/h5-13,19H,4,14H2,1-3H3,(H,25,27)/t19-/m1/s1. The van der Waals surface area contributed by atoms with E-state index in [4.69, 9.17) is 4.74 Å². The average molecular weight is 388 g/mol. The molecule has 0 fully saturated rings. The Hall–Kier alpha value is -3.34. The molecule has 5 nitrogen and oxygen atoms in total. The van der Waals surface area contributed by atoms with E-state index >= 15 is 0 Å². The van der Waals surface area contributed by atoms with Crippen molar-refractivity contribution in [1.29, 1.82) is 0 Å². The molecule has 0 aromatic heterocycles. The summed E-state index contributed by atoms with van der Waals surface area (Å²) < 4.78 is 5.32. The minimum Gasteiger partial charge on any atom is -0.496 e. The molecular formula is C24H24N2O3. The van der Waals surface area contributed by atoms with Crippen LogP contribution in [0.2, 0.25) is 0 Å². The van der Waals surface area contributed by atoms with E-state index < -0.39 is 0 Å². The summed E-state index contributed by atoms with van der Waals surface area (Å²) in [6, 6.07) is 17.3. The highest BCUT2D eigenvalue weighted by atomic mass is 16.5. The lowest BCUT2D eigenvalue weighted by atomic mass is 10.0. The molecule has 0 bridgehead atoms. The number of ether oxygens (including phenoxy) is 1. The first-order chi connectivity index (χ1) is 14.0. The summed E-state index contributed by atoms with van der Waals surface area (Å²) in [5.74, 6) is 0.521. The largest absolute Gasteiger partial charge is 0.496 e. The van der Waals surface area contributed by atoms with E-state index in [9.17, 15) is 9.59 Å². The van der Waals surface area contributed by atoms with Gasteiger partial charge in [-0.1, -0.05) is 43.3 Å². The van der Waals surface area contributed by atoms with Gasteiger partial charge in [0.1, 0.15) is 12.3 Å². The van der Waals surface area contributed by atoms with E-state index in [0.29, 0.717) is 5.56 Å². The molecular weight excluding hydrogens is 364 g/mol. The number of hydrogen-bond donors (Lipinski definition) is 1. The van der Waals surface area contributed by atoms with Crippen LogP contribution in [0.4, 0.5) is 5.69 Å². The van der Waals surface area contributed by atoms with E-state index in [-0.39, 0.29) is 24.4 Å². The third-order valence-electron chi connectivity index (χ3n) is 5.52. The number of aryl methyl sites for hydroxylation is 1. The van der Waals surface area contributed by atoms with E-state index in [2.05, 4.69) is 5.32 Å². The van der Waals surface area contributed by atoms with Gasteiger partial charge in [0.2, 0.25) is 5.91 Å². The fraction of sp³-hybridized carbons (Fsp3) is 0.250. The van der Waals surface area contributed by atoms with Gasteiger partial charge in [-0.2, -0.15) is 0 Å². The summed E-state index contributed by atoms with van der Waals surface area (Å²) >= 11 is 0. The first kappa shape index (κ1) is 19.0. The lowest BCUT2D eigenvalue weighted by molar-refractivity contribution is -0.120. The molecule has 5 heteroatoms. The van der Waals surface area contributed by atoms with Crippen LogP contribution in [0.1, 0.15) is 40.9 Å². The van der Waals surface area contributed by atoms with Gasteiger partial charge in [-0.15, -0.1) is 0 Å². The monoisotopic (exact) mass is 388 g/mol. The molecule has 0 saturated carbocycles. The maximum atomic E-state index is 12.9. The smallest absolute Gasteiger partial charge is 0.259 e. The topological polar surface area (TPSA) is 58.6 Å². The highest BCUT2D eigenvalue weighted by Gasteiger charge is 2.31. The Morgan fingerprint density at radius 3 is 2.59 bits per heavy atom. The first-order valence-corrected chi connectivity index (χ1v) is 9.81. The third-order valence-corrected chi connectivity index (χ3v) is 5.52. The zero-order valence-corrected chi connectivity index (χ0v) is 16.9. The van der Waals surface area contributed by atoms with Gasteiger partial charge in [-0.3, -0.25) is 14.5 Å². The van der Waals surface area contributed by atoms with Crippen LogP contribution in [0.3, 0.4) is 0 Å². The van der Waals surface area contributed by atoms with Crippen LogP contribution in [-0.2, 0) is 4.79 Å². The summed E-state index contributed by atoms with van der Waals surface area (Å²) in [5, 5.41) is 5.01. The lowest BCUT2D eigenvalue weighted by Crippen LogP contribution is -2.40. The van der Waals surface area contributed by atoms with Crippen molar-refractivity contribution in [3.8, 4) is 5.75 Å². The van der Waals surface area contributed by atoms with Gasteiger partial charge in [0.25, 0.3) is 5.91 Å². The van der Waals surface area contributed by atoms with Gasteiger partial charge in [-0.05, 0) is 48.1 Å². The lowest BCUT2D eigenvalue weighted by Gasteiger charge is -2.22. The zero-order valence-electron chi connectivity index (χ0n) is 16.9. The van der Waals surface area contributed by atoms with Gasteiger partial charge in [-0.25, -0.2) is 0 Å². The molecule has 4 rings (SSSR count). The maximum Gasteiger partial charge on any atom is 0.259 e. The Balaban J connectivity index is 1.53. The molecule has 148 valence electrons. The molecule has 3 aromatic rings. The number of benzene rings is 3. The van der Waals surface area contributed by atoms with Crippen molar-refractivity contribution >= 4 is 28.3 Å². The molecule has 3 aromatic carbocycles. The number of nitrogens with zero attached hydrogens (tertiary/aromatic N) is 1. The highest BCUT2D eigenvalue weighted by Crippen LogP contribution is 2.37. The molecule has 1 aliphatic rings. The molecule has 0 radical (unpaired) electrons. The van der Waals surface area contributed by atoms with Gasteiger partial charge < -0.3 is 10.1 Å². The summed E-state index contributed by atoms with van der Waals surface area (Å²) in [5.41, 5.74) is 3.50. The minimum absolute atomic E-state index is 0.00172. The Labute approximate surface area is 170 Å². The number of carbonyl (C=O) groups excluding carboxylic acids is 2. The molecule has 0 spiro atoms. The molecule has 29 heavy (non-hydrogen) atoms. The van der Waals surface area contributed by atoms with Crippen LogP contribution in [0.5, 0.6) is 5.75 Å². The predicted molar refractivity (Wildman–Crippen MR) is 115 cm³/mol. The molecule has 0 saturated heterocycles. The van der Waals surface area contributed by atoms with Crippen LogP contribution in [0.25, 0.3) is 10.8 Å². The third kappa shape index (κ3) is 3.33. The van der Waals surface area contributed by atoms with Crippen LogP contribution in [0, 0.1) is 6.92 Å². The Morgan fingerprint density at radius 1 is 1.14 bits per heavy atom. The number of amides is 2. The van der Waals surface area contributed by atoms with Gasteiger partial charge >= 0.3 is 0 Å². The Bertz CT molecular complexity index is 1100. The van der Waals surface area contributed by atoms with Crippen molar-refractivity contribution in [3.63, 3.8) is 0 Å². The predicted octanol–water partition coefficient (Wildman–Crippen LogP) is 4.38. The number of anilines is 1. The average Bonchev–Trinajstić information content (AvgIpc) is 3.00. The Kier molecular flexibility index (Phi) is 4.97. The minimum atomic E-state index is -0.177. The number of hydrogen-bond acceptors (Lipinski definition) is 3. The van der Waals surface area contributed by atoms with E-state index in [0.717, 1.165) is 39.8 Å². The van der Waals surface area contributed by atoms with Crippen LogP contribution < -0.4 is 15.0 Å². The highest BCUT2D eigenvalue weighted by molar-refractivity contribution is 6.26. The first-order valence-electron chi connectivity index (χ1n) is 9.81. The molecule has 0 aliphatic carbocycles. The fourth-order valence-corrected chi connectivity index (χ4v) is 4.06. The van der Waals surface area contributed by atoms with Crippen LogP contribution in [-0.4, -0.2) is 25.5 Å². The summed E-state index contributed by atoms with van der Waals surface area (Å²) in [7, 11) is 1.65. The SMILES string of the molecule is CC[C@@H](NC(=O)CN1C(=O)c2cccc3cccc1c23)c1ccc(OC)c(C)c1. The van der Waals surface area contributed by atoms with Gasteiger partial charge in [0, 0.05) is 10.9 Å². The van der Waals surface area contributed by atoms with Crippen LogP contribution >= 0.6 is 0 Å². The van der Waals surface area contributed by atoms with Gasteiger partial charge in [0.05, 0.1) is 18.8 Å². The zero-order chi connectivity index (χ0) is 20.5. The van der Waals surface area contributed by atoms with Crippen molar-refractivity contribution < 1.29 is 14.3 Å². The summed E-state index contributed by atoms with van der Waals surface area (Å²) in [6.07, 6.45) is 0.751. The maximum absolute atomic E-state index is 12.9. The second-order valence-corrected chi connectivity index (χ2v) is 7.33. The van der Waals surface area contributed by atoms with E-state index in [1.165, 1.54) is 0 Å². The number of methoxy groups -OCH3 is 1. The molecule has 1 heterocycles. The van der Waals surface area contributed by atoms with Gasteiger partial charge in [0.15, 0.2) is 0 Å². The second kappa shape index (κ2) is 7.59. The van der Waals surface area contributed by atoms with Crippen molar-refractivity contribution in [3.05, 3.63) is 71.3 Å². The summed E-state index contributed by atoms with van der Waals surface area (Å²) in [6.45, 7) is 4.01. The molecule has 0 unspecified atom stereocenters. The summed E-state index contributed by atoms with van der Waals surface area (Å²) in [4.78, 5) is 27.3. The Morgan fingerprint density at radius 2 is 1.90 bits per heavy atom. The van der Waals surface area contributed by atoms with Crippen molar-refractivity contribution in [2.75, 3.05) is 18.6 Å². The number of carbonyl (C=O) groups is 2. The quantitative estimate of drug-likeness (QED) is 0.682. The van der Waals surface area contributed by atoms with E-state index in [1.54, 1.807) is 12.0 Å². The van der Waals surface area contributed by atoms with Crippen molar-refractivity contribution in [2.24, 2.45) is 0 Å². The number of nitrogens with one attached hydrogen (secondary N) is 1. The normalized spacial score (nSPS) is 13.6. The molecule has 2 amide bonds.